The zero-order valence-corrected chi connectivity index (χ0v) is 14.9. The number of tetrazole rings is 1. The zero-order chi connectivity index (χ0) is 18.7. The maximum absolute atomic E-state index is 13.7. The Labute approximate surface area is 156 Å². The Hall–Kier alpha value is -2.52. The first kappa shape index (κ1) is 18.3. The number of thioether (sulfide) groups is 1. The second-order valence-corrected chi connectivity index (χ2v) is 6.94. The van der Waals surface area contributed by atoms with E-state index in [0.29, 0.717) is 15.9 Å². The molecule has 1 aromatic heterocycles. The Bertz CT molecular complexity index is 914. The summed E-state index contributed by atoms with van der Waals surface area (Å²) in [5.74, 6) is -2.27. The third kappa shape index (κ3) is 4.00. The predicted octanol–water partition coefficient (Wildman–Crippen LogP) is 3.71. The standard InChI is InChI=1S/C16H12ClF2N5OS/c1-9(15(25)20-14-12(18)3-2-4-13(14)19)26-16-21-22-23-24(16)11-7-5-10(17)6-8-11/h2-9H,1H3,(H,20,25). The first-order valence-corrected chi connectivity index (χ1v) is 8.67. The molecular weight excluding hydrogens is 384 g/mol. The van der Waals surface area contributed by atoms with E-state index in [1.807, 2.05) is 0 Å². The van der Waals surface area contributed by atoms with E-state index in [2.05, 4.69) is 20.8 Å². The van der Waals surface area contributed by atoms with Crippen molar-refractivity contribution in [1.82, 2.24) is 20.2 Å². The molecule has 6 nitrogen and oxygen atoms in total. The fourth-order valence-electron chi connectivity index (χ4n) is 2.05. The van der Waals surface area contributed by atoms with Gasteiger partial charge in [-0.15, -0.1) is 5.10 Å². The summed E-state index contributed by atoms with van der Waals surface area (Å²) in [6.45, 7) is 1.58. The van der Waals surface area contributed by atoms with Crippen molar-refractivity contribution in [2.75, 3.05) is 5.32 Å². The lowest BCUT2D eigenvalue weighted by atomic mass is 10.3. The summed E-state index contributed by atoms with van der Waals surface area (Å²) in [6, 6.07) is 10.2. The van der Waals surface area contributed by atoms with Crippen molar-refractivity contribution in [2.24, 2.45) is 0 Å². The van der Waals surface area contributed by atoms with Crippen molar-refractivity contribution in [2.45, 2.75) is 17.3 Å². The molecule has 1 amide bonds. The number of hydrogen-bond donors (Lipinski definition) is 1. The first-order valence-electron chi connectivity index (χ1n) is 7.41. The first-order chi connectivity index (χ1) is 12.5. The highest BCUT2D eigenvalue weighted by molar-refractivity contribution is 8.00. The van der Waals surface area contributed by atoms with Gasteiger partial charge in [-0.1, -0.05) is 29.4 Å². The van der Waals surface area contributed by atoms with Gasteiger partial charge in [-0.3, -0.25) is 4.79 Å². The number of benzene rings is 2. The Morgan fingerprint density at radius 1 is 1.19 bits per heavy atom. The van der Waals surface area contributed by atoms with E-state index < -0.39 is 28.5 Å². The van der Waals surface area contributed by atoms with E-state index >= 15 is 0 Å². The summed E-state index contributed by atoms with van der Waals surface area (Å²) in [7, 11) is 0. The number of rotatable bonds is 5. The molecule has 134 valence electrons. The number of para-hydroxylation sites is 1. The van der Waals surface area contributed by atoms with Crippen molar-refractivity contribution in [3.05, 3.63) is 59.1 Å². The third-order valence-electron chi connectivity index (χ3n) is 3.37. The molecule has 0 aliphatic heterocycles. The van der Waals surface area contributed by atoms with E-state index in [4.69, 9.17) is 11.6 Å². The van der Waals surface area contributed by atoms with Crippen molar-refractivity contribution in [1.29, 1.82) is 0 Å². The molecule has 0 saturated carbocycles. The highest BCUT2D eigenvalue weighted by Gasteiger charge is 2.21. The summed E-state index contributed by atoms with van der Waals surface area (Å²) in [6.07, 6.45) is 0. The molecule has 1 atom stereocenters. The van der Waals surface area contributed by atoms with Gasteiger partial charge in [0, 0.05) is 5.02 Å². The van der Waals surface area contributed by atoms with Crippen LogP contribution in [0.1, 0.15) is 6.92 Å². The number of carbonyl (C=O) groups excluding carboxylic acids is 1. The zero-order valence-electron chi connectivity index (χ0n) is 13.4. The number of amides is 1. The van der Waals surface area contributed by atoms with Gasteiger partial charge >= 0.3 is 0 Å². The molecule has 10 heteroatoms. The van der Waals surface area contributed by atoms with Gasteiger partial charge in [-0.05, 0) is 53.7 Å². The van der Waals surface area contributed by atoms with Gasteiger partial charge in [0.05, 0.1) is 10.9 Å². The summed E-state index contributed by atoms with van der Waals surface area (Å²) in [5.41, 5.74) is 0.178. The van der Waals surface area contributed by atoms with Crippen LogP contribution in [0.25, 0.3) is 5.69 Å². The molecule has 0 bridgehead atoms. The monoisotopic (exact) mass is 395 g/mol. The van der Waals surface area contributed by atoms with Gasteiger partial charge < -0.3 is 5.32 Å². The molecule has 26 heavy (non-hydrogen) atoms. The molecule has 1 unspecified atom stereocenters. The van der Waals surface area contributed by atoms with Crippen LogP contribution in [-0.4, -0.2) is 31.4 Å². The van der Waals surface area contributed by atoms with Gasteiger partial charge in [0.1, 0.15) is 17.3 Å². The summed E-state index contributed by atoms with van der Waals surface area (Å²) in [4.78, 5) is 12.3. The molecule has 0 saturated heterocycles. The second kappa shape index (κ2) is 7.79. The summed E-state index contributed by atoms with van der Waals surface area (Å²) >= 11 is 6.91. The number of carbonyl (C=O) groups is 1. The van der Waals surface area contributed by atoms with Gasteiger partial charge in [0.25, 0.3) is 0 Å². The Balaban J connectivity index is 1.74. The molecule has 0 aliphatic rings. The molecule has 0 spiro atoms. The second-order valence-electron chi connectivity index (χ2n) is 5.20. The summed E-state index contributed by atoms with van der Waals surface area (Å²) < 4.78 is 28.8. The van der Waals surface area contributed by atoms with E-state index in [9.17, 15) is 13.6 Å². The maximum atomic E-state index is 13.7. The van der Waals surface area contributed by atoms with Crippen molar-refractivity contribution >= 4 is 35.0 Å². The highest BCUT2D eigenvalue weighted by Crippen LogP contribution is 2.25. The average Bonchev–Trinajstić information content (AvgIpc) is 3.07. The SMILES string of the molecule is CC(Sc1nnnn1-c1ccc(Cl)cc1)C(=O)Nc1c(F)cccc1F. The quantitative estimate of drug-likeness (QED) is 0.667. The van der Waals surface area contributed by atoms with Crippen LogP contribution in [0.5, 0.6) is 0 Å². The lowest BCUT2D eigenvalue weighted by molar-refractivity contribution is -0.115. The van der Waals surface area contributed by atoms with Crippen LogP contribution in [0.4, 0.5) is 14.5 Å². The Kier molecular flexibility index (Phi) is 5.48. The average molecular weight is 396 g/mol. The predicted molar refractivity (Wildman–Crippen MR) is 94.5 cm³/mol. The number of nitrogens with one attached hydrogen (secondary N) is 1. The van der Waals surface area contributed by atoms with Crippen LogP contribution in [0.3, 0.4) is 0 Å². The van der Waals surface area contributed by atoms with Crippen LogP contribution in [0.2, 0.25) is 5.02 Å². The van der Waals surface area contributed by atoms with E-state index in [1.165, 1.54) is 10.7 Å². The van der Waals surface area contributed by atoms with Gasteiger partial charge in [-0.2, -0.15) is 4.68 Å². The number of aromatic nitrogens is 4. The topological polar surface area (TPSA) is 72.7 Å². The molecule has 1 N–H and O–H groups in total. The van der Waals surface area contributed by atoms with Crippen LogP contribution in [-0.2, 0) is 4.79 Å². The largest absolute Gasteiger partial charge is 0.320 e. The molecule has 3 aromatic rings. The van der Waals surface area contributed by atoms with Gasteiger partial charge in [0.2, 0.25) is 11.1 Å². The van der Waals surface area contributed by atoms with E-state index in [1.54, 1.807) is 31.2 Å². The van der Waals surface area contributed by atoms with E-state index in [0.717, 1.165) is 23.9 Å². The lowest BCUT2D eigenvalue weighted by Gasteiger charge is -2.12. The molecular formula is C16H12ClF2N5OS. The van der Waals surface area contributed by atoms with E-state index in [-0.39, 0.29) is 0 Å². The smallest absolute Gasteiger partial charge is 0.237 e. The maximum Gasteiger partial charge on any atom is 0.237 e. The minimum Gasteiger partial charge on any atom is -0.320 e. The summed E-state index contributed by atoms with van der Waals surface area (Å²) in [5, 5.41) is 13.8. The normalized spacial score (nSPS) is 12.0. The van der Waals surface area contributed by atoms with Crippen LogP contribution in [0.15, 0.2) is 47.6 Å². The molecule has 0 fully saturated rings. The fourth-order valence-corrected chi connectivity index (χ4v) is 2.98. The number of anilines is 1. The molecule has 1 heterocycles. The molecule has 0 aliphatic carbocycles. The Morgan fingerprint density at radius 3 is 2.50 bits per heavy atom. The molecule has 0 radical (unpaired) electrons. The van der Waals surface area contributed by atoms with Crippen LogP contribution >= 0.6 is 23.4 Å². The molecule has 3 rings (SSSR count). The highest BCUT2D eigenvalue weighted by atomic mass is 35.5. The van der Waals surface area contributed by atoms with Crippen LogP contribution in [0, 0.1) is 11.6 Å². The number of halogens is 3. The number of hydrogen-bond acceptors (Lipinski definition) is 5. The minimum atomic E-state index is -0.846. The van der Waals surface area contributed by atoms with Crippen LogP contribution < -0.4 is 5.32 Å². The van der Waals surface area contributed by atoms with Crippen molar-refractivity contribution in [3.63, 3.8) is 0 Å². The lowest BCUT2D eigenvalue weighted by Crippen LogP contribution is -2.24. The minimum absolute atomic E-state index is 0.351. The van der Waals surface area contributed by atoms with Gasteiger partial charge in [0.15, 0.2) is 0 Å². The van der Waals surface area contributed by atoms with Crippen molar-refractivity contribution in [3.8, 4) is 5.69 Å². The third-order valence-corrected chi connectivity index (χ3v) is 4.66. The Morgan fingerprint density at radius 2 is 1.85 bits per heavy atom. The van der Waals surface area contributed by atoms with Crippen molar-refractivity contribution < 1.29 is 13.6 Å². The fraction of sp³-hybridized carbons (Fsp3) is 0.125. The molecule has 2 aromatic carbocycles. The number of nitrogens with zero attached hydrogens (tertiary/aromatic N) is 4. The van der Waals surface area contributed by atoms with Gasteiger partial charge in [-0.25, -0.2) is 8.78 Å².